The molecule has 0 spiro atoms. The number of fused-ring (bicyclic) bond motifs is 4. The minimum Gasteiger partial charge on any atom is -0.370 e. The predicted molar refractivity (Wildman–Crippen MR) is 107 cm³/mol. The van der Waals surface area contributed by atoms with Gasteiger partial charge in [0.2, 0.25) is 5.43 Å². The van der Waals surface area contributed by atoms with Gasteiger partial charge in [0, 0.05) is 17.5 Å². The smallest absolute Gasteiger partial charge is 0.217 e. The summed E-state index contributed by atoms with van der Waals surface area (Å²) in [6.45, 7) is 4.53. The summed E-state index contributed by atoms with van der Waals surface area (Å²) in [5, 5.41) is 0.650. The summed E-state index contributed by atoms with van der Waals surface area (Å²) in [4.78, 5) is 23.6. The van der Waals surface area contributed by atoms with Gasteiger partial charge in [-0.2, -0.15) is 0 Å². The second-order valence-corrected chi connectivity index (χ2v) is 8.40. The number of aromatic nitrogens is 3. The van der Waals surface area contributed by atoms with Gasteiger partial charge in [-0.05, 0) is 19.4 Å². The lowest BCUT2D eigenvalue weighted by molar-refractivity contribution is -0.0395. The second kappa shape index (κ2) is 5.61. The maximum absolute atomic E-state index is 13.2. The average molecular weight is 378 g/mol. The molecule has 4 aromatic rings. The van der Waals surface area contributed by atoms with Crippen LogP contribution in [-0.2, 0) is 17.8 Å². The molecule has 0 aliphatic carbocycles. The lowest BCUT2D eigenvalue weighted by Crippen LogP contribution is -2.33. The van der Waals surface area contributed by atoms with Crippen LogP contribution in [0.5, 0.6) is 0 Å². The number of rotatable bonds is 1. The van der Waals surface area contributed by atoms with Crippen LogP contribution in [0.2, 0.25) is 0 Å². The zero-order valence-electron chi connectivity index (χ0n) is 15.0. The normalized spacial score (nSPS) is 15.9. The van der Waals surface area contributed by atoms with Crippen LogP contribution < -0.4 is 11.3 Å². The van der Waals surface area contributed by atoms with Crippen molar-refractivity contribution in [3.63, 3.8) is 0 Å². The second-order valence-electron chi connectivity index (χ2n) is 7.43. The molecular weight excluding hydrogens is 360 g/mol. The molecule has 1 aliphatic rings. The first-order chi connectivity index (χ1) is 12.9. The van der Waals surface area contributed by atoms with Gasteiger partial charge in [0.1, 0.15) is 21.5 Å². The topological polar surface area (TPSA) is 83.0 Å². The molecule has 0 atom stereocenters. The van der Waals surface area contributed by atoms with E-state index in [1.165, 1.54) is 22.3 Å². The summed E-state index contributed by atoms with van der Waals surface area (Å²) in [6, 6.07) is 10.0. The molecule has 0 bridgehead atoms. The minimum atomic E-state index is -0.339. The number of pyridine rings is 1. The van der Waals surface area contributed by atoms with Gasteiger partial charge >= 0.3 is 0 Å². The summed E-state index contributed by atoms with van der Waals surface area (Å²) in [5.74, 6) is 5.94. The van der Waals surface area contributed by atoms with Crippen molar-refractivity contribution in [1.29, 1.82) is 0 Å². The first kappa shape index (κ1) is 16.4. The molecule has 1 aliphatic heterocycles. The lowest BCUT2D eigenvalue weighted by Gasteiger charge is -2.33. The van der Waals surface area contributed by atoms with Crippen molar-refractivity contribution in [2.75, 3.05) is 5.84 Å². The Bertz CT molecular complexity index is 1260. The van der Waals surface area contributed by atoms with E-state index in [1.54, 1.807) is 0 Å². The van der Waals surface area contributed by atoms with Gasteiger partial charge in [0.15, 0.2) is 0 Å². The molecule has 6 nitrogen and oxygen atoms in total. The molecular formula is C20H18N4O2S. The monoisotopic (exact) mass is 378 g/mol. The number of benzene rings is 1. The van der Waals surface area contributed by atoms with Gasteiger partial charge in [-0.3, -0.25) is 4.79 Å². The third-order valence-electron chi connectivity index (χ3n) is 5.02. The Balaban J connectivity index is 1.94. The molecule has 0 fully saturated rings. The molecule has 3 aromatic heterocycles. The number of ether oxygens (including phenoxy) is 1. The van der Waals surface area contributed by atoms with Gasteiger partial charge in [-0.1, -0.05) is 41.7 Å². The highest BCUT2D eigenvalue weighted by atomic mass is 32.1. The number of hydrogen-bond acceptors (Lipinski definition) is 6. The summed E-state index contributed by atoms with van der Waals surface area (Å²) in [5.41, 5.74) is 3.84. The van der Waals surface area contributed by atoms with E-state index in [4.69, 9.17) is 15.6 Å². The predicted octanol–water partition coefficient (Wildman–Crippen LogP) is 3.24. The van der Waals surface area contributed by atoms with Gasteiger partial charge in [-0.25, -0.2) is 14.6 Å². The fourth-order valence-corrected chi connectivity index (χ4v) is 4.73. The van der Waals surface area contributed by atoms with Crippen molar-refractivity contribution >= 4 is 31.9 Å². The summed E-state index contributed by atoms with van der Waals surface area (Å²) >= 11 is 1.40. The van der Waals surface area contributed by atoms with Crippen LogP contribution in [0, 0.1) is 0 Å². The third-order valence-corrected chi connectivity index (χ3v) is 6.11. The number of hydrogen-bond donors (Lipinski definition) is 1. The Kier molecular flexibility index (Phi) is 3.41. The zero-order valence-corrected chi connectivity index (χ0v) is 15.8. The van der Waals surface area contributed by atoms with Crippen molar-refractivity contribution in [1.82, 2.24) is 14.6 Å². The number of nitrogen functional groups attached to an aromatic ring is 1. The van der Waals surface area contributed by atoms with E-state index in [9.17, 15) is 4.79 Å². The number of imidazole rings is 1. The van der Waals surface area contributed by atoms with Crippen LogP contribution in [0.15, 0.2) is 41.5 Å². The van der Waals surface area contributed by atoms with E-state index in [0.717, 1.165) is 22.4 Å². The fourth-order valence-electron chi connectivity index (χ4n) is 3.70. The lowest BCUT2D eigenvalue weighted by atomic mass is 9.88. The fraction of sp³-hybridized carbons (Fsp3) is 0.250. The molecule has 7 heteroatoms. The maximum Gasteiger partial charge on any atom is 0.217 e. The van der Waals surface area contributed by atoms with E-state index >= 15 is 0 Å². The quantitative estimate of drug-likeness (QED) is 0.514. The average Bonchev–Trinajstić information content (AvgIpc) is 3.02. The molecule has 2 N–H and O–H groups in total. The largest absolute Gasteiger partial charge is 0.370 e. The first-order valence-electron chi connectivity index (χ1n) is 8.75. The summed E-state index contributed by atoms with van der Waals surface area (Å²) in [6.07, 6.45) is 2.12. The van der Waals surface area contributed by atoms with E-state index in [2.05, 4.69) is 4.98 Å². The molecule has 0 radical (unpaired) electrons. The Morgan fingerprint density at radius 3 is 2.78 bits per heavy atom. The highest BCUT2D eigenvalue weighted by Crippen LogP contribution is 2.38. The third kappa shape index (κ3) is 2.46. The van der Waals surface area contributed by atoms with Gasteiger partial charge in [-0.15, -0.1) is 0 Å². The molecule has 0 saturated heterocycles. The highest BCUT2D eigenvalue weighted by Gasteiger charge is 2.31. The summed E-state index contributed by atoms with van der Waals surface area (Å²) < 4.78 is 7.44. The molecule has 0 unspecified atom stereocenters. The van der Waals surface area contributed by atoms with Crippen molar-refractivity contribution in [3.8, 4) is 11.3 Å². The van der Waals surface area contributed by atoms with Crippen LogP contribution in [0.3, 0.4) is 0 Å². The zero-order chi connectivity index (χ0) is 18.8. The number of nitrogens with two attached hydrogens (primary N) is 1. The maximum atomic E-state index is 13.2. The van der Waals surface area contributed by atoms with E-state index in [0.29, 0.717) is 33.6 Å². The van der Waals surface area contributed by atoms with Gasteiger partial charge in [0.25, 0.3) is 0 Å². The van der Waals surface area contributed by atoms with Crippen molar-refractivity contribution in [2.45, 2.75) is 32.5 Å². The Hall–Kier alpha value is -2.77. The number of nitrogens with zero attached hydrogens (tertiary/aromatic N) is 3. The molecule has 4 heterocycles. The Labute approximate surface area is 159 Å². The van der Waals surface area contributed by atoms with Crippen molar-refractivity contribution < 1.29 is 4.74 Å². The van der Waals surface area contributed by atoms with Crippen LogP contribution in [-0.4, -0.2) is 20.2 Å². The molecule has 0 saturated carbocycles. The van der Waals surface area contributed by atoms with Crippen LogP contribution in [0.4, 0.5) is 0 Å². The van der Waals surface area contributed by atoms with E-state index < -0.39 is 0 Å². The molecule has 1 aromatic carbocycles. The van der Waals surface area contributed by atoms with Crippen LogP contribution in [0.1, 0.15) is 25.0 Å². The molecule has 27 heavy (non-hydrogen) atoms. The summed E-state index contributed by atoms with van der Waals surface area (Å²) in [7, 11) is 0. The van der Waals surface area contributed by atoms with Crippen LogP contribution >= 0.6 is 11.3 Å². The first-order valence-corrected chi connectivity index (χ1v) is 9.56. The minimum absolute atomic E-state index is 0.107. The Morgan fingerprint density at radius 2 is 2.00 bits per heavy atom. The molecule has 5 rings (SSSR count). The highest BCUT2D eigenvalue weighted by molar-refractivity contribution is 7.23. The van der Waals surface area contributed by atoms with Crippen molar-refractivity contribution in [3.05, 3.63) is 58.0 Å². The SMILES string of the molecule is CC1(C)Cc2c(c(-c3ccccc3)nc3sc4c(ncn4N)c(=O)c23)CO1. The van der Waals surface area contributed by atoms with E-state index in [1.807, 2.05) is 44.2 Å². The van der Waals surface area contributed by atoms with E-state index in [-0.39, 0.29) is 11.0 Å². The van der Waals surface area contributed by atoms with Gasteiger partial charge in [0.05, 0.1) is 23.3 Å². The van der Waals surface area contributed by atoms with Crippen molar-refractivity contribution in [2.24, 2.45) is 0 Å². The van der Waals surface area contributed by atoms with Crippen LogP contribution in [0.25, 0.3) is 31.8 Å². The molecule has 136 valence electrons. The van der Waals surface area contributed by atoms with Gasteiger partial charge < -0.3 is 10.6 Å². The Morgan fingerprint density at radius 1 is 1.22 bits per heavy atom. The molecule has 0 amide bonds. The standard InChI is InChI=1S/C20H18N4O2S/c1-20(2)8-12-13(9-26-20)15(11-6-4-3-5-7-11)23-18-14(12)17(25)16-19(27-18)24(21)10-22-16/h3-7,10H,8-9,21H2,1-2H3.